The molecule has 1 saturated heterocycles. The Morgan fingerprint density at radius 2 is 1.56 bits per heavy atom. The van der Waals surface area contributed by atoms with Gasteiger partial charge >= 0.3 is 0 Å². The number of amides is 2. The first-order valence-electron chi connectivity index (χ1n) is 13.4. The maximum absolute atomic E-state index is 13.5. The first-order valence-corrected chi connectivity index (χ1v) is 14.2. The van der Waals surface area contributed by atoms with E-state index in [0.29, 0.717) is 30.9 Å². The normalized spacial score (nSPS) is 16.1. The zero-order valence-corrected chi connectivity index (χ0v) is 24.0. The van der Waals surface area contributed by atoms with E-state index in [4.69, 9.17) is 28.9 Å². The third kappa shape index (κ3) is 8.63. The van der Waals surface area contributed by atoms with Gasteiger partial charge in [0.25, 0.3) is 0 Å². The van der Waals surface area contributed by atoms with Crippen LogP contribution in [0.15, 0.2) is 60.7 Å². The molecule has 41 heavy (non-hydrogen) atoms. The van der Waals surface area contributed by atoms with Crippen molar-refractivity contribution in [2.24, 2.45) is 0 Å². The summed E-state index contributed by atoms with van der Waals surface area (Å²) in [6.07, 6.45) is 2.93. The SMILES string of the molecule is Nc1cc(Cl)c(NC(=O)CN2CCN(CCCCC(c3ccc(F)cc3)c3ccc(F)cc3)CC2NC=O)c(Cl)c1. The summed E-state index contributed by atoms with van der Waals surface area (Å²) >= 11 is 12.4. The van der Waals surface area contributed by atoms with Gasteiger partial charge in [0.05, 0.1) is 28.4 Å². The Morgan fingerprint density at radius 3 is 2.12 bits per heavy atom. The molecule has 3 aromatic rings. The maximum Gasteiger partial charge on any atom is 0.238 e. The van der Waals surface area contributed by atoms with Crippen LogP contribution in [0.1, 0.15) is 36.3 Å². The first kappa shape index (κ1) is 30.7. The lowest BCUT2D eigenvalue weighted by molar-refractivity contribution is -0.120. The second-order valence-electron chi connectivity index (χ2n) is 10.1. The van der Waals surface area contributed by atoms with Gasteiger partial charge in [-0.15, -0.1) is 0 Å². The standard InChI is InChI=1S/C30H33Cl2F2N5O2/c31-26-15-24(35)16-27(32)30(26)37-29(41)18-39-14-13-38(17-28(39)36-19-40)12-2-1-3-25(20-4-8-22(33)9-5-20)21-6-10-23(34)11-7-21/h4-11,15-16,19,25,28H,1-3,12-14,17-18,35H2,(H,36,40)(H,37,41). The van der Waals surface area contributed by atoms with Gasteiger partial charge in [-0.3, -0.25) is 19.4 Å². The molecule has 0 saturated carbocycles. The molecular weight excluding hydrogens is 571 g/mol. The van der Waals surface area contributed by atoms with E-state index in [1.54, 1.807) is 24.3 Å². The lowest BCUT2D eigenvalue weighted by Crippen LogP contribution is -2.60. The summed E-state index contributed by atoms with van der Waals surface area (Å²) in [4.78, 5) is 28.3. The molecule has 1 aliphatic heterocycles. The van der Waals surface area contributed by atoms with Crippen molar-refractivity contribution in [3.05, 3.63) is 93.5 Å². The minimum absolute atomic E-state index is 0.0269. The Kier molecular flexibility index (Phi) is 10.9. The second kappa shape index (κ2) is 14.6. The average Bonchev–Trinajstić information content (AvgIpc) is 2.93. The van der Waals surface area contributed by atoms with Gasteiger partial charge in [-0.25, -0.2) is 8.78 Å². The van der Waals surface area contributed by atoms with Crippen LogP contribution in [0.4, 0.5) is 20.2 Å². The van der Waals surface area contributed by atoms with Crippen molar-refractivity contribution in [3.63, 3.8) is 0 Å². The largest absolute Gasteiger partial charge is 0.399 e. The minimum Gasteiger partial charge on any atom is -0.399 e. The Hall–Kier alpha value is -3.24. The number of hydrogen-bond acceptors (Lipinski definition) is 5. The highest BCUT2D eigenvalue weighted by molar-refractivity contribution is 6.40. The van der Waals surface area contributed by atoms with Crippen molar-refractivity contribution >= 4 is 46.9 Å². The molecular formula is C30H33Cl2F2N5O2. The number of hydrogen-bond donors (Lipinski definition) is 3. The summed E-state index contributed by atoms with van der Waals surface area (Å²) in [6, 6.07) is 15.9. The molecule has 0 aliphatic carbocycles. The van der Waals surface area contributed by atoms with Crippen LogP contribution in [0.25, 0.3) is 0 Å². The number of rotatable bonds is 12. The van der Waals surface area contributed by atoms with Crippen molar-refractivity contribution in [2.75, 3.05) is 43.8 Å². The summed E-state index contributed by atoms with van der Waals surface area (Å²) in [7, 11) is 0. The predicted octanol–water partition coefficient (Wildman–Crippen LogP) is 5.48. The van der Waals surface area contributed by atoms with Crippen molar-refractivity contribution in [1.82, 2.24) is 15.1 Å². The Balaban J connectivity index is 1.30. The summed E-state index contributed by atoms with van der Waals surface area (Å²) in [5, 5.41) is 6.05. The lowest BCUT2D eigenvalue weighted by Gasteiger charge is -2.40. The lowest BCUT2D eigenvalue weighted by atomic mass is 9.87. The van der Waals surface area contributed by atoms with Crippen LogP contribution in [0.3, 0.4) is 0 Å². The number of piperazine rings is 1. The maximum atomic E-state index is 13.5. The predicted molar refractivity (Wildman–Crippen MR) is 159 cm³/mol. The second-order valence-corrected chi connectivity index (χ2v) is 10.9. The number of nitrogen functional groups attached to an aromatic ring is 1. The zero-order valence-electron chi connectivity index (χ0n) is 22.5. The molecule has 0 bridgehead atoms. The molecule has 0 spiro atoms. The number of unbranched alkanes of at least 4 members (excludes halogenated alkanes) is 1. The van der Waals surface area contributed by atoms with Crippen molar-refractivity contribution in [2.45, 2.75) is 31.3 Å². The number of nitrogens with one attached hydrogen (secondary N) is 2. The van der Waals surface area contributed by atoms with E-state index in [0.717, 1.165) is 43.5 Å². The molecule has 1 atom stereocenters. The van der Waals surface area contributed by atoms with Gasteiger partial charge in [-0.05, 0) is 66.9 Å². The molecule has 7 nitrogen and oxygen atoms in total. The highest BCUT2D eigenvalue weighted by atomic mass is 35.5. The number of halogens is 4. The topological polar surface area (TPSA) is 90.7 Å². The molecule has 1 aliphatic rings. The molecule has 4 rings (SSSR count). The van der Waals surface area contributed by atoms with E-state index in [9.17, 15) is 18.4 Å². The van der Waals surface area contributed by atoms with Crippen LogP contribution in [0.2, 0.25) is 10.0 Å². The number of carbonyl (C=O) groups is 2. The summed E-state index contributed by atoms with van der Waals surface area (Å²) in [5.74, 6) is -0.865. The van der Waals surface area contributed by atoms with Gasteiger partial charge < -0.3 is 16.4 Å². The smallest absolute Gasteiger partial charge is 0.238 e. The van der Waals surface area contributed by atoms with Crippen molar-refractivity contribution < 1.29 is 18.4 Å². The number of anilines is 2. The molecule has 0 aromatic heterocycles. The molecule has 3 aromatic carbocycles. The van der Waals surface area contributed by atoms with Gasteiger partial charge in [0.2, 0.25) is 12.3 Å². The molecule has 1 fully saturated rings. The molecule has 2 amide bonds. The quantitative estimate of drug-likeness (QED) is 0.145. The summed E-state index contributed by atoms with van der Waals surface area (Å²) < 4.78 is 27.0. The van der Waals surface area contributed by atoms with Gasteiger partial charge in [-0.2, -0.15) is 0 Å². The minimum atomic E-state index is -0.337. The number of carbonyl (C=O) groups excluding carboxylic acids is 2. The van der Waals surface area contributed by atoms with Crippen molar-refractivity contribution in [3.8, 4) is 0 Å². The van der Waals surface area contributed by atoms with Gasteiger partial charge in [0.15, 0.2) is 0 Å². The highest BCUT2D eigenvalue weighted by Crippen LogP contribution is 2.33. The molecule has 0 radical (unpaired) electrons. The van der Waals surface area contributed by atoms with Gasteiger partial charge in [-0.1, -0.05) is 53.9 Å². The fraction of sp³-hybridized carbons (Fsp3) is 0.333. The third-order valence-corrected chi connectivity index (χ3v) is 7.87. The monoisotopic (exact) mass is 603 g/mol. The van der Waals surface area contributed by atoms with Crippen LogP contribution in [-0.2, 0) is 9.59 Å². The van der Waals surface area contributed by atoms with E-state index in [2.05, 4.69) is 15.5 Å². The van der Waals surface area contributed by atoms with E-state index >= 15 is 0 Å². The Morgan fingerprint density at radius 1 is 0.976 bits per heavy atom. The van der Waals surface area contributed by atoms with Crippen molar-refractivity contribution in [1.29, 1.82) is 0 Å². The highest BCUT2D eigenvalue weighted by Gasteiger charge is 2.28. The average molecular weight is 605 g/mol. The molecule has 218 valence electrons. The first-order chi connectivity index (χ1) is 19.7. The number of nitrogens with zero attached hydrogens (tertiary/aromatic N) is 2. The third-order valence-electron chi connectivity index (χ3n) is 7.27. The molecule has 11 heteroatoms. The summed E-state index contributed by atoms with van der Waals surface area (Å²) in [5.41, 5.74) is 8.40. The fourth-order valence-electron chi connectivity index (χ4n) is 5.18. The molecule has 1 unspecified atom stereocenters. The van der Waals surface area contributed by atoms with E-state index in [-0.39, 0.29) is 46.2 Å². The van der Waals surface area contributed by atoms with E-state index < -0.39 is 0 Å². The van der Waals surface area contributed by atoms with E-state index in [1.165, 1.54) is 36.4 Å². The Labute approximate surface area is 248 Å². The Bertz CT molecular complexity index is 1260. The van der Waals surface area contributed by atoms with Crippen LogP contribution in [0.5, 0.6) is 0 Å². The molecule has 4 N–H and O–H groups in total. The summed E-state index contributed by atoms with van der Waals surface area (Å²) in [6.45, 7) is 2.73. The number of nitrogens with two attached hydrogens (primary N) is 1. The fourth-order valence-corrected chi connectivity index (χ4v) is 5.78. The van der Waals surface area contributed by atoms with Gasteiger partial charge in [0.1, 0.15) is 11.6 Å². The molecule has 1 heterocycles. The zero-order chi connectivity index (χ0) is 29.4. The van der Waals surface area contributed by atoms with Crippen LogP contribution >= 0.6 is 23.2 Å². The van der Waals surface area contributed by atoms with Crippen LogP contribution < -0.4 is 16.4 Å². The van der Waals surface area contributed by atoms with E-state index in [1.807, 2.05) is 4.90 Å². The number of benzene rings is 3. The van der Waals surface area contributed by atoms with Gasteiger partial charge in [0, 0.05) is 31.2 Å². The van der Waals surface area contributed by atoms with Crippen LogP contribution in [0, 0.1) is 11.6 Å². The van der Waals surface area contributed by atoms with Crippen LogP contribution in [-0.4, -0.2) is 61.0 Å².